The minimum Gasteiger partial charge on any atom is -0.249 e. The van der Waals surface area contributed by atoms with Gasteiger partial charge in [0.1, 0.15) is 12.7 Å². The molecule has 1 atom stereocenters. The molecule has 0 aliphatic carbocycles. The molecule has 1 unspecified atom stereocenters. The lowest BCUT2D eigenvalue weighted by Crippen LogP contribution is -2.15. The molecular weight excluding hydrogens is 334 g/mol. The summed E-state index contributed by atoms with van der Waals surface area (Å²) in [6, 6.07) is 17.5. The molecule has 4 aromatic rings. The summed E-state index contributed by atoms with van der Waals surface area (Å²) in [5, 5.41) is 9.20. The second kappa shape index (κ2) is 6.50. The van der Waals surface area contributed by atoms with Crippen molar-refractivity contribution in [2.45, 2.75) is 32.2 Å². The topological polar surface area (TPSA) is 48.5 Å². The van der Waals surface area contributed by atoms with Crippen LogP contribution < -0.4 is 0 Å². The number of fused-ring (bicyclic) bond motifs is 3. The Hall–Kier alpha value is -3.21. The summed E-state index contributed by atoms with van der Waals surface area (Å²) in [5.41, 5.74) is 7.59. The number of aromatic nitrogens is 5. The van der Waals surface area contributed by atoms with Crippen LogP contribution in [0.1, 0.15) is 34.0 Å². The van der Waals surface area contributed by atoms with Crippen molar-refractivity contribution in [1.82, 2.24) is 24.5 Å². The van der Waals surface area contributed by atoms with E-state index in [1.54, 1.807) is 6.33 Å². The van der Waals surface area contributed by atoms with Crippen LogP contribution in [0.25, 0.3) is 5.69 Å². The number of hydrogen-bond donors (Lipinski definition) is 0. The normalized spacial score (nSPS) is 15.8. The van der Waals surface area contributed by atoms with Gasteiger partial charge in [0.05, 0.1) is 17.9 Å². The zero-order chi connectivity index (χ0) is 18.2. The quantitative estimate of drug-likeness (QED) is 0.563. The lowest BCUT2D eigenvalue weighted by Gasteiger charge is -2.15. The summed E-state index contributed by atoms with van der Waals surface area (Å²) in [7, 11) is 0. The number of aryl methyl sites for hydroxylation is 1. The van der Waals surface area contributed by atoms with Crippen molar-refractivity contribution < 1.29 is 0 Å². The van der Waals surface area contributed by atoms with Crippen LogP contribution in [-0.4, -0.2) is 24.5 Å². The Bertz CT molecular complexity index is 1060. The van der Waals surface area contributed by atoms with Gasteiger partial charge in [-0.25, -0.2) is 14.3 Å². The maximum absolute atomic E-state index is 4.78. The molecule has 5 rings (SSSR count). The van der Waals surface area contributed by atoms with Crippen molar-refractivity contribution in [3.63, 3.8) is 0 Å². The average Bonchev–Trinajstić information content (AvgIpc) is 3.31. The minimum atomic E-state index is 0.237. The van der Waals surface area contributed by atoms with Crippen molar-refractivity contribution in [2.24, 2.45) is 0 Å². The van der Waals surface area contributed by atoms with E-state index < -0.39 is 0 Å². The Morgan fingerprint density at radius 1 is 1.04 bits per heavy atom. The predicted molar refractivity (Wildman–Crippen MR) is 104 cm³/mol. The standard InChI is InChI=1S/C22H21N5/c1-16-7-8-18-11-20(26-15-23-14-25-26)12-22-19(10-17-5-3-2-4-6-17)13-24-27(22)21(18)9-16/h2-9,13-15,20H,10-12H2,1H3. The van der Waals surface area contributed by atoms with E-state index >= 15 is 0 Å². The molecule has 1 aliphatic rings. The third kappa shape index (κ3) is 2.95. The number of benzene rings is 2. The van der Waals surface area contributed by atoms with E-state index in [1.807, 2.05) is 17.2 Å². The lowest BCUT2D eigenvalue weighted by molar-refractivity contribution is 0.446. The number of hydrogen-bond acceptors (Lipinski definition) is 3. The SMILES string of the molecule is Cc1ccc2c(c1)-n1ncc(Cc3ccccc3)c1CC(n1cncn1)C2. The molecule has 0 spiro atoms. The molecule has 5 heteroatoms. The lowest BCUT2D eigenvalue weighted by atomic mass is 9.99. The van der Waals surface area contributed by atoms with E-state index in [2.05, 4.69) is 70.2 Å². The van der Waals surface area contributed by atoms with E-state index in [0.29, 0.717) is 0 Å². The molecule has 2 aromatic carbocycles. The van der Waals surface area contributed by atoms with E-state index in [1.165, 1.54) is 33.6 Å². The van der Waals surface area contributed by atoms with Gasteiger partial charge in [-0.3, -0.25) is 0 Å². The van der Waals surface area contributed by atoms with Crippen molar-refractivity contribution in [3.05, 3.63) is 95.3 Å². The predicted octanol–water partition coefficient (Wildman–Crippen LogP) is 3.70. The van der Waals surface area contributed by atoms with Crippen molar-refractivity contribution in [2.75, 3.05) is 0 Å². The fourth-order valence-electron chi connectivity index (χ4n) is 3.98. The van der Waals surface area contributed by atoms with Gasteiger partial charge < -0.3 is 0 Å². The maximum atomic E-state index is 4.78. The van der Waals surface area contributed by atoms with Crippen molar-refractivity contribution in [1.29, 1.82) is 0 Å². The summed E-state index contributed by atoms with van der Waals surface area (Å²) in [6.45, 7) is 2.13. The molecule has 27 heavy (non-hydrogen) atoms. The molecule has 0 saturated heterocycles. The molecule has 0 bridgehead atoms. The van der Waals surface area contributed by atoms with E-state index in [4.69, 9.17) is 5.10 Å². The molecule has 0 fully saturated rings. The van der Waals surface area contributed by atoms with Crippen LogP contribution in [0.5, 0.6) is 0 Å². The van der Waals surface area contributed by atoms with Crippen LogP contribution in [0, 0.1) is 6.92 Å². The van der Waals surface area contributed by atoms with Gasteiger partial charge in [0.25, 0.3) is 0 Å². The molecule has 2 aromatic heterocycles. The van der Waals surface area contributed by atoms with Gasteiger partial charge in [-0.2, -0.15) is 10.2 Å². The highest BCUT2D eigenvalue weighted by Gasteiger charge is 2.26. The highest BCUT2D eigenvalue weighted by molar-refractivity contribution is 5.47. The van der Waals surface area contributed by atoms with Gasteiger partial charge in [-0.1, -0.05) is 42.5 Å². The number of rotatable bonds is 3. The second-order valence-electron chi connectivity index (χ2n) is 7.26. The molecular formula is C22H21N5. The summed E-state index contributed by atoms with van der Waals surface area (Å²) in [5.74, 6) is 0. The van der Waals surface area contributed by atoms with Crippen LogP contribution >= 0.6 is 0 Å². The van der Waals surface area contributed by atoms with Crippen LogP contribution in [0.15, 0.2) is 67.4 Å². The molecule has 1 aliphatic heterocycles. The van der Waals surface area contributed by atoms with Crippen molar-refractivity contribution in [3.8, 4) is 5.69 Å². The second-order valence-corrected chi connectivity index (χ2v) is 7.26. The van der Waals surface area contributed by atoms with Crippen LogP contribution in [0.2, 0.25) is 0 Å². The molecule has 5 nitrogen and oxygen atoms in total. The van der Waals surface area contributed by atoms with Gasteiger partial charge in [-0.15, -0.1) is 0 Å². The zero-order valence-corrected chi connectivity index (χ0v) is 15.3. The third-order valence-corrected chi connectivity index (χ3v) is 5.36. The Balaban J connectivity index is 1.63. The van der Waals surface area contributed by atoms with Crippen LogP contribution in [-0.2, 0) is 19.3 Å². The minimum absolute atomic E-state index is 0.237. The monoisotopic (exact) mass is 355 g/mol. The van der Waals surface area contributed by atoms with Crippen molar-refractivity contribution >= 4 is 0 Å². The van der Waals surface area contributed by atoms with Gasteiger partial charge in [0.2, 0.25) is 0 Å². The third-order valence-electron chi connectivity index (χ3n) is 5.36. The summed E-state index contributed by atoms with van der Waals surface area (Å²) in [6.07, 6.45) is 8.16. The van der Waals surface area contributed by atoms with E-state index in [9.17, 15) is 0 Å². The van der Waals surface area contributed by atoms with Crippen LogP contribution in [0.3, 0.4) is 0 Å². The summed E-state index contributed by atoms with van der Waals surface area (Å²) < 4.78 is 4.12. The van der Waals surface area contributed by atoms with Gasteiger partial charge in [0, 0.05) is 18.5 Å². The summed E-state index contributed by atoms with van der Waals surface area (Å²) >= 11 is 0. The molecule has 0 amide bonds. The highest BCUT2D eigenvalue weighted by Crippen LogP contribution is 2.31. The first kappa shape index (κ1) is 16.0. The smallest absolute Gasteiger partial charge is 0.137 e. The Labute approximate surface area is 158 Å². The summed E-state index contributed by atoms with van der Waals surface area (Å²) in [4.78, 5) is 4.16. The molecule has 0 saturated carbocycles. The first-order valence-corrected chi connectivity index (χ1v) is 9.31. The largest absolute Gasteiger partial charge is 0.249 e. The van der Waals surface area contributed by atoms with Gasteiger partial charge >= 0.3 is 0 Å². The zero-order valence-electron chi connectivity index (χ0n) is 15.3. The fourth-order valence-corrected chi connectivity index (χ4v) is 3.98. The van der Waals surface area contributed by atoms with Gasteiger partial charge in [-0.05, 0) is 41.7 Å². The Morgan fingerprint density at radius 2 is 1.93 bits per heavy atom. The first-order valence-electron chi connectivity index (χ1n) is 9.31. The van der Waals surface area contributed by atoms with E-state index in [0.717, 1.165) is 19.3 Å². The molecule has 0 radical (unpaired) electrons. The first-order chi connectivity index (χ1) is 13.3. The molecule has 134 valence electrons. The van der Waals surface area contributed by atoms with Gasteiger partial charge in [0.15, 0.2) is 0 Å². The number of nitrogens with zero attached hydrogens (tertiary/aromatic N) is 5. The average molecular weight is 355 g/mol. The maximum Gasteiger partial charge on any atom is 0.137 e. The van der Waals surface area contributed by atoms with Crippen LogP contribution in [0.4, 0.5) is 0 Å². The van der Waals surface area contributed by atoms with E-state index in [-0.39, 0.29) is 6.04 Å². The Kier molecular flexibility index (Phi) is 3.85. The Morgan fingerprint density at radius 3 is 2.74 bits per heavy atom. The molecule has 0 N–H and O–H groups in total. The molecule has 3 heterocycles. The highest BCUT2D eigenvalue weighted by atomic mass is 15.3. The fraction of sp³-hybridized carbons (Fsp3) is 0.227.